The van der Waals surface area contributed by atoms with Crippen molar-refractivity contribution in [2.75, 3.05) is 0 Å². The highest BCUT2D eigenvalue weighted by molar-refractivity contribution is 5.81. The third-order valence-corrected chi connectivity index (χ3v) is 4.49. The molecular formula is C17H32O2. The number of carbonyl (C=O) groups excluding carboxylic acids is 1. The molecule has 0 aliphatic rings. The van der Waals surface area contributed by atoms with Crippen molar-refractivity contribution in [3.63, 3.8) is 0 Å². The van der Waals surface area contributed by atoms with Crippen molar-refractivity contribution >= 4 is 5.97 Å². The molecule has 112 valence electrons. The Balaban J connectivity index is 4.81. The van der Waals surface area contributed by atoms with E-state index in [1.807, 2.05) is 0 Å². The smallest absolute Gasteiger partial charge is 0.330 e. The molecule has 0 bridgehead atoms. The fourth-order valence-corrected chi connectivity index (χ4v) is 2.95. The summed E-state index contributed by atoms with van der Waals surface area (Å²) in [6.07, 6.45) is 9.07. The number of unbranched alkanes of at least 4 members (excludes halogenated alkanes) is 3. The first-order chi connectivity index (χ1) is 8.89. The molecule has 0 rings (SSSR count). The highest BCUT2D eigenvalue weighted by atomic mass is 16.6. The predicted molar refractivity (Wildman–Crippen MR) is 82.1 cm³/mol. The van der Waals surface area contributed by atoms with Crippen molar-refractivity contribution in [3.05, 3.63) is 12.7 Å². The second-order valence-electron chi connectivity index (χ2n) is 6.02. The minimum Gasteiger partial charge on any atom is -0.455 e. The third-order valence-electron chi connectivity index (χ3n) is 4.49. The van der Waals surface area contributed by atoms with Crippen LogP contribution in [0, 0.1) is 5.41 Å². The molecule has 0 heterocycles. The molecule has 0 aliphatic carbocycles. The van der Waals surface area contributed by atoms with Gasteiger partial charge in [-0.1, -0.05) is 66.9 Å². The summed E-state index contributed by atoms with van der Waals surface area (Å²) < 4.78 is 5.75. The summed E-state index contributed by atoms with van der Waals surface area (Å²) in [5.41, 5.74) is -0.368. The summed E-state index contributed by atoms with van der Waals surface area (Å²) in [5.74, 6) is -0.301. The van der Waals surface area contributed by atoms with Gasteiger partial charge in [0.1, 0.15) is 5.60 Å². The molecule has 19 heavy (non-hydrogen) atoms. The van der Waals surface area contributed by atoms with E-state index >= 15 is 0 Å². The molecule has 0 aromatic carbocycles. The fourth-order valence-electron chi connectivity index (χ4n) is 2.95. The van der Waals surface area contributed by atoms with Gasteiger partial charge in [0, 0.05) is 11.5 Å². The Morgan fingerprint density at radius 2 is 1.68 bits per heavy atom. The van der Waals surface area contributed by atoms with E-state index in [0.717, 1.165) is 19.3 Å². The van der Waals surface area contributed by atoms with Crippen LogP contribution in [-0.4, -0.2) is 11.6 Å². The van der Waals surface area contributed by atoms with Gasteiger partial charge >= 0.3 is 5.97 Å². The number of hydrogen-bond donors (Lipinski definition) is 0. The van der Waals surface area contributed by atoms with E-state index in [0.29, 0.717) is 0 Å². The maximum absolute atomic E-state index is 11.6. The molecule has 0 spiro atoms. The maximum Gasteiger partial charge on any atom is 0.330 e. The van der Waals surface area contributed by atoms with E-state index < -0.39 is 0 Å². The van der Waals surface area contributed by atoms with E-state index in [4.69, 9.17) is 4.74 Å². The van der Waals surface area contributed by atoms with E-state index in [1.54, 1.807) is 0 Å². The van der Waals surface area contributed by atoms with Crippen molar-refractivity contribution in [2.24, 2.45) is 5.41 Å². The number of esters is 1. The van der Waals surface area contributed by atoms with Gasteiger partial charge in [-0.15, -0.1) is 0 Å². The minimum absolute atomic E-state index is 0.00289. The standard InChI is InChI=1S/C17H32O2/c1-7-11-12-13-14-16(5,6)17(9-3,10-4)19-15(18)8-2/h8H,2,7,9-14H2,1,3-6H3. The average Bonchev–Trinajstić information content (AvgIpc) is 2.40. The van der Waals surface area contributed by atoms with Gasteiger partial charge < -0.3 is 4.74 Å². The van der Waals surface area contributed by atoms with Gasteiger partial charge in [-0.2, -0.15) is 0 Å². The Labute approximate surface area is 119 Å². The van der Waals surface area contributed by atoms with E-state index in [9.17, 15) is 4.79 Å². The lowest BCUT2D eigenvalue weighted by Crippen LogP contribution is -2.47. The van der Waals surface area contributed by atoms with Gasteiger partial charge in [0.05, 0.1) is 0 Å². The molecule has 0 aromatic heterocycles. The Morgan fingerprint density at radius 1 is 1.11 bits per heavy atom. The predicted octanol–water partition coefficient (Wildman–Crippen LogP) is 5.27. The molecular weight excluding hydrogens is 236 g/mol. The molecule has 0 N–H and O–H groups in total. The van der Waals surface area contributed by atoms with Crippen LogP contribution in [0.15, 0.2) is 12.7 Å². The zero-order valence-corrected chi connectivity index (χ0v) is 13.6. The Hall–Kier alpha value is -0.790. The molecule has 0 amide bonds. The average molecular weight is 268 g/mol. The molecule has 2 nitrogen and oxygen atoms in total. The van der Waals surface area contributed by atoms with Crippen LogP contribution >= 0.6 is 0 Å². The molecule has 0 atom stereocenters. The fraction of sp³-hybridized carbons (Fsp3) is 0.824. The van der Waals surface area contributed by atoms with Crippen molar-refractivity contribution in [1.29, 1.82) is 0 Å². The molecule has 0 unspecified atom stereocenters. The lowest BCUT2D eigenvalue weighted by molar-refractivity contribution is -0.171. The molecule has 2 heteroatoms. The van der Waals surface area contributed by atoms with Gasteiger partial charge in [0.15, 0.2) is 0 Å². The maximum atomic E-state index is 11.6. The first kappa shape index (κ1) is 18.2. The summed E-state index contributed by atoms with van der Waals surface area (Å²) in [6, 6.07) is 0. The monoisotopic (exact) mass is 268 g/mol. The zero-order chi connectivity index (χ0) is 14.9. The van der Waals surface area contributed by atoms with Crippen LogP contribution in [0.2, 0.25) is 0 Å². The molecule has 0 saturated heterocycles. The van der Waals surface area contributed by atoms with Gasteiger partial charge in [0.2, 0.25) is 0 Å². The van der Waals surface area contributed by atoms with Gasteiger partial charge in [0.25, 0.3) is 0 Å². The van der Waals surface area contributed by atoms with Crippen LogP contribution in [0.1, 0.15) is 79.6 Å². The molecule has 0 aliphatic heterocycles. The quantitative estimate of drug-likeness (QED) is 0.306. The highest BCUT2D eigenvalue weighted by Gasteiger charge is 2.44. The van der Waals surface area contributed by atoms with Crippen molar-refractivity contribution < 1.29 is 9.53 Å². The summed E-state index contributed by atoms with van der Waals surface area (Å²) >= 11 is 0. The number of carbonyl (C=O) groups is 1. The van der Waals surface area contributed by atoms with E-state index in [-0.39, 0.29) is 17.0 Å². The lowest BCUT2D eigenvalue weighted by atomic mass is 9.68. The third kappa shape index (κ3) is 5.00. The number of hydrogen-bond acceptors (Lipinski definition) is 2. The summed E-state index contributed by atoms with van der Waals surface area (Å²) in [5, 5.41) is 0. The first-order valence-electron chi connectivity index (χ1n) is 7.74. The Kier molecular flexibility index (Phi) is 8.05. The van der Waals surface area contributed by atoms with Crippen LogP contribution in [-0.2, 0) is 9.53 Å². The molecule has 0 fully saturated rings. The van der Waals surface area contributed by atoms with Crippen LogP contribution in [0.4, 0.5) is 0 Å². The number of ether oxygens (including phenoxy) is 1. The van der Waals surface area contributed by atoms with E-state index in [2.05, 4.69) is 41.2 Å². The Bertz CT molecular complexity index is 275. The zero-order valence-electron chi connectivity index (χ0n) is 13.6. The van der Waals surface area contributed by atoms with Crippen LogP contribution in [0.5, 0.6) is 0 Å². The first-order valence-corrected chi connectivity index (χ1v) is 7.74. The normalized spacial score (nSPS) is 12.3. The lowest BCUT2D eigenvalue weighted by Gasteiger charge is -2.45. The largest absolute Gasteiger partial charge is 0.455 e. The minimum atomic E-state index is -0.371. The molecule has 0 aromatic rings. The second-order valence-corrected chi connectivity index (χ2v) is 6.02. The van der Waals surface area contributed by atoms with Crippen LogP contribution in [0.3, 0.4) is 0 Å². The van der Waals surface area contributed by atoms with Gasteiger partial charge in [-0.05, 0) is 19.3 Å². The molecule has 0 saturated carbocycles. The topological polar surface area (TPSA) is 26.3 Å². The van der Waals surface area contributed by atoms with Crippen molar-refractivity contribution in [1.82, 2.24) is 0 Å². The molecule has 0 radical (unpaired) electrons. The van der Waals surface area contributed by atoms with Crippen LogP contribution < -0.4 is 0 Å². The van der Waals surface area contributed by atoms with Gasteiger partial charge in [-0.3, -0.25) is 0 Å². The summed E-state index contributed by atoms with van der Waals surface area (Å²) in [6.45, 7) is 14.4. The SMILES string of the molecule is C=CC(=O)OC(CC)(CC)C(C)(C)CCCCCC. The summed E-state index contributed by atoms with van der Waals surface area (Å²) in [7, 11) is 0. The van der Waals surface area contributed by atoms with Crippen LogP contribution in [0.25, 0.3) is 0 Å². The Morgan fingerprint density at radius 3 is 2.11 bits per heavy atom. The number of rotatable bonds is 10. The second kappa shape index (κ2) is 8.39. The summed E-state index contributed by atoms with van der Waals surface area (Å²) in [4.78, 5) is 11.6. The van der Waals surface area contributed by atoms with Crippen molar-refractivity contribution in [3.8, 4) is 0 Å². The van der Waals surface area contributed by atoms with Gasteiger partial charge in [-0.25, -0.2) is 4.79 Å². The highest BCUT2D eigenvalue weighted by Crippen LogP contribution is 2.43. The van der Waals surface area contributed by atoms with E-state index in [1.165, 1.54) is 31.8 Å². The van der Waals surface area contributed by atoms with Crippen molar-refractivity contribution in [2.45, 2.75) is 85.2 Å².